The van der Waals surface area contributed by atoms with Crippen molar-refractivity contribution in [3.8, 4) is 28.4 Å². The molecule has 0 aliphatic carbocycles. The molecular weight excluding hydrogens is 516 g/mol. The molecule has 2 aliphatic rings. The van der Waals surface area contributed by atoms with Crippen molar-refractivity contribution in [1.29, 1.82) is 0 Å². The zero-order chi connectivity index (χ0) is 28.3. The molecule has 0 bridgehead atoms. The third-order valence-electron chi connectivity index (χ3n) is 7.71. The van der Waals surface area contributed by atoms with E-state index in [9.17, 15) is 4.79 Å². The highest BCUT2D eigenvalue weighted by Crippen LogP contribution is 2.42. The average molecular weight is 548 g/mol. The summed E-state index contributed by atoms with van der Waals surface area (Å²) in [6.07, 6.45) is 1.70. The number of piperazine rings is 1. The summed E-state index contributed by atoms with van der Waals surface area (Å²) >= 11 is 0. The molecule has 0 unspecified atom stereocenters. The Kier molecular flexibility index (Phi) is 6.45. The summed E-state index contributed by atoms with van der Waals surface area (Å²) in [5.41, 5.74) is 1.96. The minimum Gasteiger partial charge on any atom is -0.496 e. The van der Waals surface area contributed by atoms with Crippen molar-refractivity contribution >= 4 is 16.7 Å². The molecule has 1 aromatic carbocycles. The smallest absolute Gasteiger partial charge is 0.301 e. The second kappa shape index (κ2) is 9.85. The number of aromatic nitrogens is 3. The monoisotopic (exact) mass is 547 g/mol. The number of nitrogens with one attached hydrogen (secondary N) is 1. The van der Waals surface area contributed by atoms with Gasteiger partial charge in [0.1, 0.15) is 23.9 Å². The molecule has 1 N–H and O–H groups in total. The molecule has 208 valence electrons. The Morgan fingerprint density at radius 2 is 1.98 bits per heavy atom. The van der Waals surface area contributed by atoms with E-state index in [1.54, 1.807) is 12.3 Å². The number of fused-ring (bicyclic) bond motifs is 5. The number of methoxy groups -OCH3 is 1. The molecule has 1 fully saturated rings. The van der Waals surface area contributed by atoms with E-state index < -0.39 is 17.2 Å². The van der Waals surface area contributed by atoms with Gasteiger partial charge in [-0.05, 0) is 49.6 Å². The first kappa shape index (κ1) is 26.2. The van der Waals surface area contributed by atoms with Gasteiger partial charge in [-0.1, -0.05) is 19.9 Å². The van der Waals surface area contributed by atoms with Gasteiger partial charge in [0.2, 0.25) is 5.75 Å². The number of aryl methyl sites for hydroxylation is 1. The third kappa shape index (κ3) is 4.00. The molecule has 10 heteroatoms. The SMILES string of the molecule is COc1cccc(F)c1-c1nc2c(cc1F)c1c(c(=O)n2-c2c(C)ccnc2C(C)C)OC[C@H]2CN[C@H](C)CN12. The molecule has 0 saturated carbocycles. The van der Waals surface area contributed by atoms with Crippen molar-refractivity contribution in [3.63, 3.8) is 0 Å². The van der Waals surface area contributed by atoms with Crippen LogP contribution in [0, 0.1) is 18.6 Å². The number of benzene rings is 1. The lowest BCUT2D eigenvalue weighted by molar-refractivity contribution is 0.233. The van der Waals surface area contributed by atoms with Crippen LogP contribution in [0.3, 0.4) is 0 Å². The molecule has 4 aromatic rings. The predicted molar refractivity (Wildman–Crippen MR) is 150 cm³/mol. The highest BCUT2D eigenvalue weighted by atomic mass is 19.1. The molecule has 6 rings (SSSR count). The first-order valence-electron chi connectivity index (χ1n) is 13.4. The normalized spacial score (nSPS) is 18.4. The lowest BCUT2D eigenvalue weighted by Crippen LogP contribution is -2.59. The minimum absolute atomic E-state index is 0.0289. The Morgan fingerprint density at radius 1 is 1.18 bits per heavy atom. The van der Waals surface area contributed by atoms with Gasteiger partial charge in [0.25, 0.3) is 0 Å². The molecule has 2 aliphatic heterocycles. The predicted octanol–water partition coefficient (Wildman–Crippen LogP) is 4.73. The number of rotatable bonds is 4. The number of ether oxygens (including phenoxy) is 2. The zero-order valence-corrected chi connectivity index (χ0v) is 23.1. The summed E-state index contributed by atoms with van der Waals surface area (Å²) in [5, 5.41) is 3.85. The van der Waals surface area contributed by atoms with E-state index in [1.165, 1.54) is 29.9 Å². The maximum absolute atomic E-state index is 16.0. The van der Waals surface area contributed by atoms with Crippen LogP contribution in [0.1, 0.15) is 37.9 Å². The largest absolute Gasteiger partial charge is 0.496 e. The Hall–Kier alpha value is -4.05. The van der Waals surface area contributed by atoms with Crippen molar-refractivity contribution in [3.05, 3.63) is 69.8 Å². The van der Waals surface area contributed by atoms with Crippen LogP contribution in [0.15, 0.2) is 41.3 Å². The molecule has 0 amide bonds. The Bertz CT molecular complexity index is 1700. The summed E-state index contributed by atoms with van der Waals surface area (Å²) < 4.78 is 44.1. The van der Waals surface area contributed by atoms with Crippen LogP contribution in [0.5, 0.6) is 11.5 Å². The van der Waals surface area contributed by atoms with Gasteiger partial charge < -0.3 is 19.7 Å². The van der Waals surface area contributed by atoms with E-state index in [0.29, 0.717) is 42.2 Å². The second-order valence-electron chi connectivity index (χ2n) is 10.8. The maximum atomic E-state index is 16.0. The lowest BCUT2D eigenvalue weighted by Gasteiger charge is -2.44. The molecule has 0 spiro atoms. The quantitative estimate of drug-likeness (QED) is 0.396. The topological polar surface area (TPSA) is 81.5 Å². The van der Waals surface area contributed by atoms with Crippen LogP contribution in [0.2, 0.25) is 0 Å². The summed E-state index contributed by atoms with van der Waals surface area (Å²) in [5.74, 6) is -1.17. The second-order valence-corrected chi connectivity index (χ2v) is 10.8. The molecule has 0 radical (unpaired) electrons. The van der Waals surface area contributed by atoms with E-state index >= 15 is 8.78 Å². The molecule has 1 saturated heterocycles. The fourth-order valence-corrected chi connectivity index (χ4v) is 5.79. The first-order chi connectivity index (χ1) is 19.2. The van der Waals surface area contributed by atoms with Gasteiger partial charge in [0.05, 0.1) is 35.8 Å². The summed E-state index contributed by atoms with van der Waals surface area (Å²) in [6.45, 7) is 9.50. The summed E-state index contributed by atoms with van der Waals surface area (Å²) in [4.78, 5) is 25.8. The van der Waals surface area contributed by atoms with Crippen molar-refractivity contribution < 1.29 is 18.3 Å². The fourth-order valence-electron chi connectivity index (χ4n) is 5.79. The van der Waals surface area contributed by atoms with Crippen molar-refractivity contribution in [2.75, 3.05) is 31.7 Å². The van der Waals surface area contributed by atoms with E-state index in [1.807, 2.05) is 26.8 Å². The van der Waals surface area contributed by atoms with Gasteiger partial charge in [0, 0.05) is 30.7 Å². The molecular formula is C30H31F2N5O3. The van der Waals surface area contributed by atoms with Gasteiger partial charge in [-0.15, -0.1) is 0 Å². The van der Waals surface area contributed by atoms with E-state index in [0.717, 1.165) is 5.56 Å². The first-order valence-corrected chi connectivity index (χ1v) is 13.4. The van der Waals surface area contributed by atoms with Crippen molar-refractivity contribution in [2.24, 2.45) is 0 Å². The van der Waals surface area contributed by atoms with Crippen LogP contribution in [-0.4, -0.2) is 53.4 Å². The minimum atomic E-state index is -0.736. The lowest BCUT2D eigenvalue weighted by atomic mass is 10.0. The Labute approximate surface area is 230 Å². The standard InChI is InChI=1S/C30H31F2N5O3/c1-15(2)24-26(16(3)9-10-33-24)37-29-19(11-21(32)25(35-29)23-20(31)7-6-8-22(23)39-5)27-28(30(37)38)40-14-18-12-34-17(4)13-36(18)27/h6-11,15,17-18,34H,12-14H2,1-5H3/t17-,18-/m1/s1. The number of halogens is 2. The fraction of sp³-hybridized carbons (Fsp3) is 0.367. The van der Waals surface area contributed by atoms with Gasteiger partial charge in [-0.3, -0.25) is 14.3 Å². The molecule has 40 heavy (non-hydrogen) atoms. The highest BCUT2D eigenvalue weighted by Gasteiger charge is 2.37. The van der Waals surface area contributed by atoms with Crippen molar-refractivity contribution in [1.82, 2.24) is 19.9 Å². The number of hydrogen-bond acceptors (Lipinski definition) is 7. The van der Waals surface area contributed by atoms with Crippen molar-refractivity contribution in [2.45, 2.75) is 45.7 Å². The van der Waals surface area contributed by atoms with Gasteiger partial charge in [0.15, 0.2) is 11.5 Å². The zero-order valence-electron chi connectivity index (χ0n) is 23.1. The van der Waals surface area contributed by atoms with Gasteiger partial charge in [-0.2, -0.15) is 0 Å². The maximum Gasteiger partial charge on any atom is 0.301 e. The van der Waals surface area contributed by atoms with Crippen LogP contribution in [0.4, 0.5) is 14.5 Å². The molecule has 8 nitrogen and oxygen atoms in total. The number of anilines is 1. The number of pyridine rings is 3. The van der Waals surface area contributed by atoms with Crippen LogP contribution in [0.25, 0.3) is 28.0 Å². The van der Waals surface area contributed by atoms with E-state index in [-0.39, 0.29) is 46.4 Å². The van der Waals surface area contributed by atoms with E-state index in [2.05, 4.69) is 22.1 Å². The Morgan fingerprint density at radius 3 is 2.73 bits per heavy atom. The van der Waals surface area contributed by atoms with Crippen LogP contribution in [-0.2, 0) is 0 Å². The van der Waals surface area contributed by atoms with Crippen LogP contribution < -0.4 is 25.2 Å². The molecule has 2 atom stereocenters. The van der Waals surface area contributed by atoms with E-state index in [4.69, 9.17) is 14.5 Å². The van der Waals surface area contributed by atoms with Gasteiger partial charge in [-0.25, -0.2) is 13.8 Å². The van der Waals surface area contributed by atoms with Crippen LogP contribution >= 0.6 is 0 Å². The van der Waals surface area contributed by atoms with Gasteiger partial charge >= 0.3 is 5.56 Å². The Balaban J connectivity index is 1.77. The highest BCUT2D eigenvalue weighted by molar-refractivity contribution is 5.96. The summed E-state index contributed by atoms with van der Waals surface area (Å²) in [7, 11) is 1.39. The average Bonchev–Trinajstić information content (AvgIpc) is 2.93. The molecule has 3 aromatic heterocycles. The third-order valence-corrected chi connectivity index (χ3v) is 7.71. The number of hydrogen-bond donors (Lipinski definition) is 1. The number of nitrogens with zero attached hydrogens (tertiary/aromatic N) is 4. The summed E-state index contributed by atoms with van der Waals surface area (Å²) in [6, 6.07) is 7.52. The molecule has 5 heterocycles.